The summed E-state index contributed by atoms with van der Waals surface area (Å²) < 4.78 is 6.10. The Morgan fingerprint density at radius 2 is 1.78 bits per heavy atom. The molecule has 1 atom stereocenters. The van der Waals surface area contributed by atoms with Crippen molar-refractivity contribution in [1.29, 1.82) is 0 Å². The largest absolute Gasteiger partial charge is 0.444 e. The van der Waals surface area contributed by atoms with E-state index < -0.39 is 22.0 Å². The van der Waals surface area contributed by atoms with Crippen molar-refractivity contribution in [3.05, 3.63) is 35.9 Å². The van der Waals surface area contributed by atoms with Gasteiger partial charge in [0.15, 0.2) is 7.92 Å². The van der Waals surface area contributed by atoms with Crippen molar-refractivity contribution in [3.8, 4) is 0 Å². The molecule has 1 aliphatic rings. The van der Waals surface area contributed by atoms with Crippen LogP contribution in [-0.4, -0.2) is 32.2 Å². The van der Waals surface area contributed by atoms with Gasteiger partial charge in [-0.2, -0.15) is 5.10 Å². The summed E-state index contributed by atoms with van der Waals surface area (Å²) in [4.78, 5) is 24.5. The topological polar surface area (TPSA) is 71.0 Å². The summed E-state index contributed by atoms with van der Waals surface area (Å²) in [6, 6.07) is 9.63. The van der Waals surface area contributed by atoms with Crippen molar-refractivity contribution in [2.45, 2.75) is 52.0 Å². The molecule has 1 aromatic carbocycles. The average Bonchev–Trinajstić information content (AvgIpc) is 2.88. The molecule has 8 heteroatoms. The van der Waals surface area contributed by atoms with Gasteiger partial charge < -0.3 is 10.1 Å². The van der Waals surface area contributed by atoms with E-state index in [0.717, 1.165) is 8.61 Å². The normalized spacial score (nSPS) is 20.3. The lowest BCUT2D eigenvalue weighted by molar-refractivity contribution is -0.143. The maximum atomic E-state index is 13.1. The van der Waals surface area contributed by atoms with Gasteiger partial charge in [-0.3, -0.25) is 4.79 Å². The predicted octanol–water partition coefficient (Wildman–Crippen LogP) is 4.69. The van der Waals surface area contributed by atoms with E-state index in [4.69, 9.17) is 4.74 Å². The number of carbonyl (C=O) groups is 2. The fourth-order valence-electron chi connectivity index (χ4n) is 2.49. The molecule has 1 N–H and O–H groups in total. The summed E-state index contributed by atoms with van der Waals surface area (Å²) in [6.07, 6.45) is -0.525. The second-order valence-corrected chi connectivity index (χ2v) is 11.3. The Morgan fingerprint density at radius 1 is 1.19 bits per heavy atom. The van der Waals surface area contributed by atoms with E-state index in [2.05, 4.69) is 33.0 Å². The minimum atomic E-state index is -0.862. The van der Waals surface area contributed by atoms with Crippen LogP contribution in [0, 0.1) is 5.41 Å². The second kappa shape index (κ2) is 7.98. The molecule has 0 bridgehead atoms. The number of amides is 2. The molecular formula is C19H26IN3O3S. The molecule has 2 amide bonds. The van der Waals surface area contributed by atoms with Gasteiger partial charge >= 0.3 is 6.09 Å². The first-order valence-corrected chi connectivity index (χ1v) is 10.5. The molecule has 27 heavy (non-hydrogen) atoms. The van der Waals surface area contributed by atoms with Gasteiger partial charge in [0, 0.05) is 5.41 Å². The number of rotatable bonds is 3. The number of hydrazone groups is 1. The first kappa shape index (κ1) is 22.0. The standard InChI is InChI=1S/C19H26IN3O3S/c1-17(2,3)14(24)23-19(27-15(20)22-23,13-10-8-7-9-11-13)12-21-16(25)26-18(4,5)6/h7-11H,12H2,1-6H3,(H,21,25). The molecule has 0 saturated carbocycles. The van der Waals surface area contributed by atoms with Gasteiger partial charge in [0.05, 0.1) is 6.54 Å². The smallest absolute Gasteiger partial charge is 0.407 e. The SMILES string of the molecule is CC(C)(C)OC(=O)NCC1(c2ccccc2)SC(I)=NN1C(=O)C(C)(C)C. The summed E-state index contributed by atoms with van der Waals surface area (Å²) in [5, 5.41) is 8.83. The molecule has 0 saturated heterocycles. The molecule has 148 valence electrons. The Balaban J connectivity index is 2.39. The van der Waals surface area contributed by atoms with Crippen molar-refractivity contribution < 1.29 is 14.3 Å². The highest BCUT2D eigenvalue weighted by atomic mass is 127. The molecule has 1 unspecified atom stereocenters. The molecule has 6 nitrogen and oxygen atoms in total. The third kappa shape index (κ3) is 5.37. The molecular weight excluding hydrogens is 477 g/mol. The Kier molecular flexibility index (Phi) is 6.51. The highest BCUT2D eigenvalue weighted by molar-refractivity contribution is 14.1. The molecule has 0 aromatic heterocycles. The minimum absolute atomic E-state index is 0.114. The zero-order valence-corrected chi connectivity index (χ0v) is 19.5. The fourth-order valence-corrected chi connectivity index (χ4v) is 4.81. The molecule has 0 radical (unpaired) electrons. The number of ether oxygens (including phenoxy) is 1. The molecule has 0 spiro atoms. The van der Waals surface area contributed by atoms with Crippen LogP contribution >= 0.6 is 34.4 Å². The van der Waals surface area contributed by atoms with Crippen molar-refractivity contribution in [2.75, 3.05) is 6.54 Å². The summed E-state index contributed by atoms with van der Waals surface area (Å²) in [5.41, 5.74) is -0.324. The molecule has 1 aromatic rings. The molecule has 2 rings (SSSR count). The maximum Gasteiger partial charge on any atom is 0.407 e. The second-order valence-electron chi connectivity index (χ2n) is 8.33. The summed E-state index contributed by atoms with van der Waals surface area (Å²) in [6.45, 7) is 11.2. The van der Waals surface area contributed by atoms with Gasteiger partial charge in [-0.25, -0.2) is 9.80 Å². The molecule has 1 aliphatic heterocycles. The quantitative estimate of drug-likeness (QED) is 0.608. The summed E-state index contributed by atoms with van der Waals surface area (Å²) in [5.74, 6) is -0.114. The minimum Gasteiger partial charge on any atom is -0.444 e. The average molecular weight is 503 g/mol. The van der Waals surface area contributed by atoms with Gasteiger partial charge in [0.2, 0.25) is 5.91 Å². The van der Waals surface area contributed by atoms with E-state index in [-0.39, 0.29) is 12.5 Å². The van der Waals surface area contributed by atoms with Crippen LogP contribution < -0.4 is 5.32 Å². The lowest BCUT2D eigenvalue weighted by Crippen LogP contribution is -2.52. The van der Waals surface area contributed by atoms with Crippen LogP contribution in [0.25, 0.3) is 0 Å². The third-order valence-corrected chi connectivity index (χ3v) is 5.72. The van der Waals surface area contributed by atoms with E-state index in [9.17, 15) is 9.59 Å². The van der Waals surface area contributed by atoms with Gasteiger partial charge in [0.1, 0.15) is 5.60 Å². The first-order valence-electron chi connectivity index (χ1n) is 8.65. The van der Waals surface area contributed by atoms with E-state index >= 15 is 0 Å². The highest BCUT2D eigenvalue weighted by Crippen LogP contribution is 2.48. The molecule has 0 fully saturated rings. The Hall–Kier alpha value is -1.29. The number of nitrogens with one attached hydrogen (secondary N) is 1. The van der Waals surface area contributed by atoms with Crippen LogP contribution in [0.15, 0.2) is 35.4 Å². The van der Waals surface area contributed by atoms with E-state index in [0.29, 0.717) is 0 Å². The highest BCUT2D eigenvalue weighted by Gasteiger charge is 2.50. The lowest BCUT2D eigenvalue weighted by Gasteiger charge is -2.38. The number of hydrogen-bond donors (Lipinski definition) is 1. The monoisotopic (exact) mass is 503 g/mol. The van der Waals surface area contributed by atoms with Crippen LogP contribution in [0.5, 0.6) is 0 Å². The number of carbonyl (C=O) groups excluding carboxylic acids is 2. The molecule has 0 aliphatic carbocycles. The predicted molar refractivity (Wildman–Crippen MR) is 118 cm³/mol. The number of thioether (sulfide) groups is 1. The van der Waals surface area contributed by atoms with E-state index in [1.165, 1.54) is 16.8 Å². The Bertz CT molecular complexity index is 741. The number of nitrogens with zero attached hydrogens (tertiary/aromatic N) is 2. The van der Waals surface area contributed by atoms with Crippen LogP contribution in [0.1, 0.15) is 47.1 Å². The first-order chi connectivity index (χ1) is 12.3. The van der Waals surface area contributed by atoms with E-state index in [1.807, 2.05) is 71.9 Å². The number of alkyl carbamates (subject to hydrolysis) is 1. The van der Waals surface area contributed by atoms with Crippen LogP contribution in [0.4, 0.5) is 4.79 Å². The van der Waals surface area contributed by atoms with Crippen molar-refractivity contribution >= 4 is 49.4 Å². The number of halogens is 1. The van der Waals surface area contributed by atoms with Gasteiger partial charge in [0.25, 0.3) is 0 Å². The van der Waals surface area contributed by atoms with Crippen LogP contribution in [0.3, 0.4) is 0 Å². The third-order valence-electron chi connectivity index (χ3n) is 3.70. The fraction of sp³-hybridized carbons (Fsp3) is 0.526. The van der Waals surface area contributed by atoms with Gasteiger partial charge in [-0.15, -0.1) is 0 Å². The molecule has 1 heterocycles. The van der Waals surface area contributed by atoms with Crippen molar-refractivity contribution in [3.63, 3.8) is 0 Å². The van der Waals surface area contributed by atoms with Crippen molar-refractivity contribution in [1.82, 2.24) is 10.3 Å². The van der Waals surface area contributed by atoms with Crippen LogP contribution in [-0.2, 0) is 14.4 Å². The lowest BCUT2D eigenvalue weighted by atomic mass is 9.93. The van der Waals surface area contributed by atoms with Gasteiger partial charge in [-0.1, -0.05) is 62.9 Å². The van der Waals surface area contributed by atoms with Crippen LogP contribution in [0.2, 0.25) is 0 Å². The zero-order valence-electron chi connectivity index (χ0n) is 16.5. The maximum absolute atomic E-state index is 13.1. The Labute approximate surface area is 178 Å². The van der Waals surface area contributed by atoms with Crippen molar-refractivity contribution in [2.24, 2.45) is 10.5 Å². The van der Waals surface area contributed by atoms with Gasteiger partial charge in [-0.05, 0) is 48.9 Å². The number of hydrogen-bond acceptors (Lipinski definition) is 5. The summed E-state index contributed by atoms with van der Waals surface area (Å²) in [7, 11) is 0. The number of benzene rings is 1. The zero-order chi connectivity index (χ0) is 20.5. The Morgan fingerprint density at radius 3 is 2.30 bits per heavy atom. The summed E-state index contributed by atoms with van der Waals surface area (Å²) >= 11 is 3.57. The van der Waals surface area contributed by atoms with E-state index in [1.54, 1.807) is 0 Å².